The summed E-state index contributed by atoms with van der Waals surface area (Å²) >= 11 is 1.51. The number of nitriles is 1. The summed E-state index contributed by atoms with van der Waals surface area (Å²) in [5, 5.41) is 25.5. The van der Waals surface area contributed by atoms with Crippen LogP contribution in [-0.2, 0) is 4.79 Å². The van der Waals surface area contributed by atoms with Crippen molar-refractivity contribution in [2.24, 2.45) is 5.41 Å². The predicted molar refractivity (Wildman–Crippen MR) is 68.8 cm³/mol. The van der Waals surface area contributed by atoms with Crippen LogP contribution in [0.25, 0.3) is 0 Å². The Labute approximate surface area is 110 Å². The number of nitrogens with one attached hydrogen (secondary N) is 1. The topological polar surface area (TPSA) is 73.1 Å². The molecule has 0 saturated heterocycles. The molecule has 1 aliphatic carbocycles. The first-order valence-electron chi connectivity index (χ1n) is 6.08. The Morgan fingerprint density at radius 1 is 1.61 bits per heavy atom. The summed E-state index contributed by atoms with van der Waals surface area (Å²) < 4.78 is 0. The van der Waals surface area contributed by atoms with E-state index in [-0.39, 0.29) is 12.5 Å². The van der Waals surface area contributed by atoms with E-state index in [1.807, 2.05) is 16.8 Å². The smallest absolute Gasteiger partial charge is 0.240 e. The molecule has 0 aliphatic heterocycles. The van der Waals surface area contributed by atoms with Crippen LogP contribution in [-0.4, -0.2) is 17.6 Å². The number of amides is 1. The largest absolute Gasteiger partial charge is 0.387 e. The lowest BCUT2D eigenvalue weighted by Gasteiger charge is -2.20. The van der Waals surface area contributed by atoms with Crippen molar-refractivity contribution in [2.45, 2.75) is 31.8 Å². The lowest BCUT2D eigenvalue weighted by Crippen LogP contribution is -2.40. The normalized spacial score (nSPS) is 19.1. The van der Waals surface area contributed by atoms with Crippen molar-refractivity contribution < 1.29 is 9.90 Å². The second-order valence-corrected chi connectivity index (χ2v) is 5.46. The molecule has 1 saturated carbocycles. The van der Waals surface area contributed by atoms with Gasteiger partial charge >= 0.3 is 0 Å². The van der Waals surface area contributed by atoms with E-state index in [2.05, 4.69) is 11.4 Å². The Morgan fingerprint density at radius 2 is 2.33 bits per heavy atom. The average molecular weight is 264 g/mol. The van der Waals surface area contributed by atoms with Gasteiger partial charge in [-0.3, -0.25) is 4.79 Å². The van der Waals surface area contributed by atoms with Gasteiger partial charge in [0.25, 0.3) is 0 Å². The van der Waals surface area contributed by atoms with E-state index in [1.54, 1.807) is 0 Å². The fourth-order valence-corrected chi connectivity index (χ4v) is 3.02. The maximum absolute atomic E-state index is 12.0. The summed E-state index contributed by atoms with van der Waals surface area (Å²) in [4.78, 5) is 12.0. The van der Waals surface area contributed by atoms with Crippen LogP contribution < -0.4 is 5.32 Å². The quantitative estimate of drug-likeness (QED) is 0.873. The zero-order valence-corrected chi connectivity index (χ0v) is 10.9. The molecule has 5 heteroatoms. The van der Waals surface area contributed by atoms with Gasteiger partial charge in [0.2, 0.25) is 5.91 Å². The van der Waals surface area contributed by atoms with Crippen molar-refractivity contribution in [3.63, 3.8) is 0 Å². The molecule has 1 aromatic rings. The van der Waals surface area contributed by atoms with Crippen molar-refractivity contribution in [1.82, 2.24) is 5.32 Å². The minimum atomic E-state index is -0.867. The average Bonchev–Trinajstić information content (AvgIpc) is 3.06. The number of hydrogen-bond acceptors (Lipinski definition) is 4. The molecule has 1 aliphatic rings. The molecular weight excluding hydrogens is 248 g/mol. The first kappa shape index (κ1) is 13.1. The zero-order chi connectivity index (χ0) is 13.0. The highest BCUT2D eigenvalue weighted by Crippen LogP contribution is 2.37. The van der Waals surface area contributed by atoms with E-state index in [1.165, 1.54) is 11.3 Å². The summed E-state index contributed by atoms with van der Waals surface area (Å²) in [5.41, 5.74) is -0.0632. The van der Waals surface area contributed by atoms with Gasteiger partial charge in [0.15, 0.2) is 0 Å². The van der Waals surface area contributed by atoms with Crippen LogP contribution in [0.1, 0.15) is 37.4 Å². The van der Waals surface area contributed by atoms with E-state index >= 15 is 0 Å². The maximum Gasteiger partial charge on any atom is 0.240 e. The molecule has 0 bridgehead atoms. The molecule has 0 radical (unpaired) electrons. The molecule has 1 atom stereocenters. The lowest BCUT2D eigenvalue weighted by atomic mass is 9.87. The number of aliphatic hydroxyl groups excluding tert-OH is 1. The number of rotatable bonds is 4. The molecule has 2 N–H and O–H groups in total. The molecule has 1 amide bonds. The first-order valence-corrected chi connectivity index (χ1v) is 7.02. The molecule has 2 rings (SSSR count). The van der Waals surface area contributed by atoms with E-state index < -0.39 is 11.5 Å². The van der Waals surface area contributed by atoms with Crippen LogP contribution in [0.3, 0.4) is 0 Å². The molecule has 96 valence electrons. The summed E-state index contributed by atoms with van der Waals surface area (Å²) in [6.45, 7) is 0.166. The number of hydrogen-bond donors (Lipinski definition) is 2. The Hall–Kier alpha value is -1.38. The third kappa shape index (κ3) is 2.55. The minimum absolute atomic E-state index is 0.166. The van der Waals surface area contributed by atoms with E-state index in [0.29, 0.717) is 12.8 Å². The fraction of sp³-hybridized carbons (Fsp3) is 0.538. The third-order valence-electron chi connectivity index (χ3n) is 3.49. The molecule has 1 aromatic heterocycles. The van der Waals surface area contributed by atoms with Gasteiger partial charge < -0.3 is 10.4 Å². The Kier molecular flexibility index (Phi) is 4.00. The van der Waals surface area contributed by atoms with Gasteiger partial charge in [0.1, 0.15) is 5.41 Å². The second-order valence-electron chi connectivity index (χ2n) is 4.68. The molecule has 0 unspecified atom stereocenters. The highest BCUT2D eigenvalue weighted by Gasteiger charge is 2.41. The van der Waals surface area contributed by atoms with Crippen LogP contribution in [0, 0.1) is 16.7 Å². The SMILES string of the molecule is N#CC1(C(=O)NC[C@H](O)c2ccsc2)CCCC1. The van der Waals surface area contributed by atoms with Gasteiger partial charge in [0, 0.05) is 6.54 Å². The Bertz CT molecular complexity index is 444. The van der Waals surface area contributed by atoms with Gasteiger partial charge in [-0.1, -0.05) is 12.8 Å². The number of carbonyl (C=O) groups is 1. The van der Waals surface area contributed by atoms with Gasteiger partial charge in [-0.05, 0) is 35.2 Å². The predicted octanol–water partition coefficient (Wildman–Crippen LogP) is 1.98. The Balaban J connectivity index is 1.90. The number of thiophene rings is 1. The van der Waals surface area contributed by atoms with Gasteiger partial charge in [0.05, 0.1) is 12.2 Å². The molecular formula is C13H16N2O2S. The summed E-state index contributed by atoms with van der Waals surface area (Å²) in [6.07, 6.45) is 2.41. The number of carbonyl (C=O) groups excluding carboxylic acids is 1. The van der Waals surface area contributed by atoms with Crippen molar-refractivity contribution in [3.05, 3.63) is 22.4 Å². The van der Waals surface area contributed by atoms with E-state index in [4.69, 9.17) is 5.26 Å². The standard InChI is InChI=1S/C13H16N2O2S/c14-9-13(4-1-2-5-13)12(17)15-7-11(16)10-3-6-18-8-10/h3,6,8,11,16H,1-2,4-5,7H2,(H,15,17)/t11-/m0/s1. The van der Waals surface area contributed by atoms with Crippen LogP contribution in [0.15, 0.2) is 16.8 Å². The number of aliphatic hydroxyl groups is 1. The lowest BCUT2D eigenvalue weighted by molar-refractivity contribution is -0.128. The summed E-state index contributed by atoms with van der Waals surface area (Å²) in [5.74, 6) is -0.239. The van der Waals surface area contributed by atoms with Crippen LogP contribution in [0.5, 0.6) is 0 Å². The molecule has 4 nitrogen and oxygen atoms in total. The van der Waals surface area contributed by atoms with Crippen LogP contribution in [0.2, 0.25) is 0 Å². The highest BCUT2D eigenvalue weighted by atomic mass is 32.1. The maximum atomic E-state index is 12.0. The van der Waals surface area contributed by atoms with Gasteiger partial charge in [-0.2, -0.15) is 16.6 Å². The van der Waals surface area contributed by atoms with Crippen LogP contribution in [0.4, 0.5) is 0 Å². The molecule has 0 aromatic carbocycles. The zero-order valence-electron chi connectivity index (χ0n) is 10.1. The highest BCUT2D eigenvalue weighted by molar-refractivity contribution is 7.07. The third-order valence-corrected chi connectivity index (χ3v) is 4.19. The first-order chi connectivity index (χ1) is 8.68. The summed E-state index contributed by atoms with van der Waals surface area (Å²) in [6, 6.07) is 3.97. The van der Waals surface area contributed by atoms with Crippen molar-refractivity contribution in [3.8, 4) is 6.07 Å². The minimum Gasteiger partial charge on any atom is -0.387 e. The van der Waals surface area contributed by atoms with Crippen molar-refractivity contribution in [1.29, 1.82) is 5.26 Å². The van der Waals surface area contributed by atoms with E-state index in [0.717, 1.165) is 18.4 Å². The summed E-state index contributed by atoms with van der Waals surface area (Å²) in [7, 11) is 0. The molecule has 18 heavy (non-hydrogen) atoms. The van der Waals surface area contributed by atoms with Gasteiger partial charge in [-0.25, -0.2) is 0 Å². The Morgan fingerprint density at radius 3 is 2.89 bits per heavy atom. The molecule has 1 heterocycles. The van der Waals surface area contributed by atoms with E-state index in [9.17, 15) is 9.90 Å². The number of nitrogens with zero attached hydrogens (tertiary/aromatic N) is 1. The monoisotopic (exact) mass is 264 g/mol. The van der Waals surface area contributed by atoms with Gasteiger partial charge in [-0.15, -0.1) is 0 Å². The molecule has 0 spiro atoms. The molecule has 1 fully saturated rings. The fourth-order valence-electron chi connectivity index (χ4n) is 2.31. The second kappa shape index (κ2) is 5.51. The van der Waals surface area contributed by atoms with Crippen LogP contribution >= 0.6 is 11.3 Å². The van der Waals surface area contributed by atoms with Crippen molar-refractivity contribution >= 4 is 17.2 Å². The van der Waals surface area contributed by atoms with Crippen molar-refractivity contribution in [2.75, 3.05) is 6.54 Å².